The molecule has 5 nitrogen and oxygen atoms in total. The molecule has 4 atom stereocenters. The van der Waals surface area contributed by atoms with Crippen LogP contribution in [0.1, 0.15) is 55.2 Å². The van der Waals surface area contributed by atoms with E-state index in [2.05, 4.69) is 83.8 Å². The van der Waals surface area contributed by atoms with Crippen LogP contribution in [0.15, 0.2) is 91.0 Å². The van der Waals surface area contributed by atoms with E-state index in [-0.39, 0.29) is 24.4 Å². The molecule has 3 fully saturated rings. The Morgan fingerprint density at radius 2 is 1.33 bits per heavy atom. The highest BCUT2D eigenvalue weighted by Crippen LogP contribution is 2.44. The fourth-order valence-electron chi connectivity index (χ4n) is 6.42. The van der Waals surface area contributed by atoms with Crippen molar-refractivity contribution < 1.29 is 18.9 Å². The first-order valence-electron chi connectivity index (χ1n) is 14.7. The van der Waals surface area contributed by atoms with Crippen LogP contribution in [0, 0.1) is 0 Å². The number of benzene rings is 3. The molecule has 2 heterocycles. The van der Waals surface area contributed by atoms with E-state index in [1.807, 2.05) is 12.1 Å². The summed E-state index contributed by atoms with van der Waals surface area (Å²) in [6, 6.07) is 31.8. The third-order valence-electron chi connectivity index (χ3n) is 8.46. The summed E-state index contributed by atoms with van der Waals surface area (Å²) in [7, 11) is 0. The van der Waals surface area contributed by atoms with Crippen molar-refractivity contribution in [1.82, 2.24) is 4.90 Å². The molecule has 3 aromatic rings. The number of ether oxygens (including phenoxy) is 4. The zero-order valence-corrected chi connectivity index (χ0v) is 22.8. The van der Waals surface area contributed by atoms with Gasteiger partial charge in [-0.15, -0.1) is 0 Å². The van der Waals surface area contributed by atoms with Crippen molar-refractivity contribution in [3.63, 3.8) is 0 Å². The van der Waals surface area contributed by atoms with E-state index in [9.17, 15) is 0 Å². The summed E-state index contributed by atoms with van der Waals surface area (Å²) in [6.45, 7) is 3.45. The van der Waals surface area contributed by atoms with E-state index in [1.165, 1.54) is 36.0 Å². The lowest BCUT2D eigenvalue weighted by Crippen LogP contribution is -2.45. The van der Waals surface area contributed by atoms with Crippen LogP contribution >= 0.6 is 0 Å². The van der Waals surface area contributed by atoms with Gasteiger partial charge in [-0.1, -0.05) is 97.4 Å². The van der Waals surface area contributed by atoms with Gasteiger partial charge >= 0.3 is 0 Å². The summed E-state index contributed by atoms with van der Waals surface area (Å²) in [5, 5.41) is 0. The molecular formula is C34H41NO4. The average Bonchev–Trinajstić information content (AvgIpc) is 3.26. The van der Waals surface area contributed by atoms with Crippen molar-refractivity contribution in [2.45, 2.75) is 88.4 Å². The lowest BCUT2D eigenvalue weighted by molar-refractivity contribution is -0.207. The Morgan fingerprint density at radius 1 is 0.718 bits per heavy atom. The van der Waals surface area contributed by atoms with Crippen LogP contribution < -0.4 is 0 Å². The van der Waals surface area contributed by atoms with Gasteiger partial charge in [-0.25, -0.2) is 0 Å². The van der Waals surface area contributed by atoms with Crippen LogP contribution in [0.2, 0.25) is 0 Å². The third kappa shape index (κ3) is 6.79. The molecule has 5 heteroatoms. The maximum atomic E-state index is 6.88. The molecule has 0 bridgehead atoms. The standard InChI is InChI=1S/C34H41NO4/c1-5-13-27(14-6-1)22-35-23-32(37-25-29-17-9-3-10-18-29)33-31(38-34(39-33)19-11-4-12-20-34)21-30(35)26-36-24-28-15-7-2-8-16-28/h1-3,5-10,13-18,30-33H,4,11-12,19-26H2/t30-,31+,32-,33+/m0/s1. The first-order valence-corrected chi connectivity index (χ1v) is 14.7. The summed E-state index contributed by atoms with van der Waals surface area (Å²) in [5.74, 6) is -0.445. The number of nitrogens with zero attached hydrogens (tertiary/aromatic N) is 1. The Balaban J connectivity index is 1.24. The molecule has 1 spiro atoms. The lowest BCUT2D eigenvalue weighted by atomic mass is 9.94. The molecule has 2 aliphatic heterocycles. The minimum Gasteiger partial charge on any atom is -0.375 e. The number of likely N-dealkylation sites (tertiary alicyclic amines) is 1. The van der Waals surface area contributed by atoms with E-state index >= 15 is 0 Å². The third-order valence-corrected chi connectivity index (χ3v) is 8.46. The van der Waals surface area contributed by atoms with Gasteiger partial charge in [0.1, 0.15) is 6.10 Å². The second kappa shape index (κ2) is 12.8. The molecule has 1 saturated carbocycles. The van der Waals surface area contributed by atoms with Gasteiger partial charge in [0.25, 0.3) is 0 Å². The molecular weight excluding hydrogens is 486 g/mol. The van der Waals surface area contributed by atoms with Crippen LogP contribution in [0.25, 0.3) is 0 Å². The minimum atomic E-state index is -0.445. The molecule has 3 aliphatic rings. The highest BCUT2D eigenvalue weighted by atomic mass is 16.8. The van der Waals surface area contributed by atoms with Gasteiger partial charge in [0.2, 0.25) is 0 Å². The first-order chi connectivity index (χ1) is 19.3. The van der Waals surface area contributed by atoms with Crippen molar-refractivity contribution in [1.29, 1.82) is 0 Å². The topological polar surface area (TPSA) is 40.2 Å². The number of rotatable bonds is 9. The van der Waals surface area contributed by atoms with Crippen LogP contribution in [-0.4, -0.2) is 48.2 Å². The predicted octanol–water partition coefficient (Wildman–Crippen LogP) is 6.51. The predicted molar refractivity (Wildman–Crippen MR) is 152 cm³/mol. The Morgan fingerprint density at radius 3 is 2.00 bits per heavy atom. The Labute approximate surface area is 233 Å². The Hall–Kier alpha value is -2.54. The molecule has 0 unspecified atom stereocenters. The highest BCUT2D eigenvalue weighted by Gasteiger charge is 2.53. The summed E-state index contributed by atoms with van der Waals surface area (Å²) < 4.78 is 26.8. The second-order valence-corrected chi connectivity index (χ2v) is 11.4. The molecule has 206 valence electrons. The minimum absolute atomic E-state index is 0.00466. The van der Waals surface area contributed by atoms with Gasteiger partial charge in [0.15, 0.2) is 5.79 Å². The number of hydrogen-bond acceptors (Lipinski definition) is 5. The van der Waals surface area contributed by atoms with Gasteiger partial charge in [-0.2, -0.15) is 0 Å². The van der Waals surface area contributed by atoms with Crippen molar-refractivity contribution >= 4 is 0 Å². The smallest absolute Gasteiger partial charge is 0.169 e. The molecule has 3 aromatic carbocycles. The largest absolute Gasteiger partial charge is 0.375 e. The number of hydrogen-bond donors (Lipinski definition) is 0. The zero-order valence-electron chi connectivity index (χ0n) is 22.8. The van der Waals surface area contributed by atoms with E-state index in [1.54, 1.807) is 0 Å². The van der Waals surface area contributed by atoms with E-state index in [4.69, 9.17) is 18.9 Å². The first kappa shape index (κ1) is 26.7. The van der Waals surface area contributed by atoms with Crippen molar-refractivity contribution in [2.24, 2.45) is 0 Å². The summed E-state index contributed by atoms with van der Waals surface area (Å²) >= 11 is 0. The fourth-order valence-corrected chi connectivity index (χ4v) is 6.42. The summed E-state index contributed by atoms with van der Waals surface area (Å²) in [6.07, 6.45) is 6.26. The van der Waals surface area contributed by atoms with Crippen molar-refractivity contribution in [3.05, 3.63) is 108 Å². The maximum absolute atomic E-state index is 6.88. The zero-order chi connectivity index (χ0) is 26.3. The normalized spacial score (nSPS) is 26.8. The molecule has 2 saturated heterocycles. The molecule has 0 radical (unpaired) electrons. The fraction of sp³-hybridized carbons (Fsp3) is 0.471. The average molecular weight is 528 g/mol. The van der Waals surface area contributed by atoms with Gasteiger partial charge in [0.05, 0.1) is 32.0 Å². The monoisotopic (exact) mass is 527 g/mol. The molecule has 0 aromatic heterocycles. The number of fused-ring (bicyclic) bond motifs is 1. The molecule has 0 N–H and O–H groups in total. The summed E-state index contributed by atoms with van der Waals surface area (Å²) in [5.41, 5.74) is 3.68. The lowest BCUT2D eigenvalue weighted by Gasteiger charge is -2.36. The molecule has 6 rings (SSSR count). The van der Waals surface area contributed by atoms with E-state index in [0.717, 1.165) is 32.4 Å². The Kier molecular flexibility index (Phi) is 8.72. The van der Waals surface area contributed by atoms with Crippen LogP contribution in [0.3, 0.4) is 0 Å². The van der Waals surface area contributed by atoms with Gasteiger partial charge < -0.3 is 18.9 Å². The van der Waals surface area contributed by atoms with Crippen molar-refractivity contribution in [2.75, 3.05) is 13.2 Å². The second-order valence-electron chi connectivity index (χ2n) is 11.4. The van der Waals surface area contributed by atoms with Gasteiger partial charge in [-0.3, -0.25) is 4.90 Å². The van der Waals surface area contributed by atoms with E-state index in [0.29, 0.717) is 19.8 Å². The molecule has 1 aliphatic carbocycles. The Bertz CT molecular complexity index is 1140. The summed E-state index contributed by atoms with van der Waals surface area (Å²) in [4.78, 5) is 2.54. The van der Waals surface area contributed by atoms with Crippen molar-refractivity contribution in [3.8, 4) is 0 Å². The van der Waals surface area contributed by atoms with Gasteiger partial charge in [0, 0.05) is 32.0 Å². The highest BCUT2D eigenvalue weighted by molar-refractivity contribution is 5.16. The van der Waals surface area contributed by atoms with E-state index < -0.39 is 5.79 Å². The van der Waals surface area contributed by atoms with Gasteiger partial charge in [-0.05, 0) is 36.0 Å². The van der Waals surface area contributed by atoms with Crippen LogP contribution in [-0.2, 0) is 38.7 Å². The SMILES string of the molecule is c1ccc(COC[C@@H]2C[C@H]3OC4(CCCCC4)O[C@H]3[C@@H](OCc3ccccc3)CN2Cc2ccccc2)cc1. The maximum Gasteiger partial charge on any atom is 0.169 e. The molecule has 39 heavy (non-hydrogen) atoms. The van der Waals surface area contributed by atoms with Crippen LogP contribution in [0.4, 0.5) is 0 Å². The molecule has 0 amide bonds. The quantitative estimate of drug-likeness (QED) is 0.317. The van der Waals surface area contributed by atoms with Crippen LogP contribution in [0.5, 0.6) is 0 Å².